The topological polar surface area (TPSA) is 101 Å². The van der Waals surface area contributed by atoms with Gasteiger partial charge in [0.15, 0.2) is 0 Å². The molecule has 168 valence electrons. The van der Waals surface area contributed by atoms with Crippen LogP contribution in [0.2, 0.25) is 0 Å². The minimum Gasteiger partial charge on any atom is -0.279 e. The summed E-state index contributed by atoms with van der Waals surface area (Å²) in [5, 5.41) is 0. The van der Waals surface area contributed by atoms with Gasteiger partial charge in [0.05, 0.1) is 33.0 Å². The molecule has 1 aliphatic rings. The van der Waals surface area contributed by atoms with Gasteiger partial charge in [-0.15, -0.1) is 0 Å². The maximum atomic E-state index is 13.2. The molecule has 0 atom stereocenters. The zero-order valence-corrected chi connectivity index (χ0v) is 18.3. The summed E-state index contributed by atoms with van der Waals surface area (Å²) in [6.45, 7) is 4.33. The van der Waals surface area contributed by atoms with Gasteiger partial charge in [-0.25, -0.2) is 21.1 Å². The van der Waals surface area contributed by atoms with Gasteiger partial charge in [-0.1, -0.05) is 12.1 Å². The van der Waals surface area contributed by atoms with E-state index >= 15 is 0 Å². The average molecular weight is 476 g/mol. The largest absolute Gasteiger partial charge is 0.418 e. The standard InChI is InChI=1S/C19H19F3N2O5S2/c1-12-10-13(24-17(25)18(2,3)11-30(24,26)27)8-9-16(12)31(28,29)23-15-7-5-4-6-14(15)19(20,21)22/h4-10,23H,11H2,1-3H3. The number of benzene rings is 2. The fourth-order valence-electron chi connectivity index (χ4n) is 3.34. The van der Waals surface area contributed by atoms with Gasteiger partial charge < -0.3 is 0 Å². The molecule has 12 heteroatoms. The third kappa shape index (κ3) is 4.26. The number of rotatable bonds is 4. The summed E-state index contributed by atoms with van der Waals surface area (Å²) < 4.78 is 92.4. The summed E-state index contributed by atoms with van der Waals surface area (Å²) in [6, 6.07) is 7.51. The van der Waals surface area contributed by atoms with E-state index in [-0.39, 0.29) is 16.1 Å². The highest BCUT2D eigenvalue weighted by Gasteiger charge is 2.50. The van der Waals surface area contributed by atoms with Gasteiger partial charge >= 0.3 is 6.18 Å². The van der Waals surface area contributed by atoms with Crippen LogP contribution >= 0.6 is 0 Å². The average Bonchev–Trinajstić information content (AvgIpc) is 2.76. The molecule has 1 N–H and O–H groups in total. The second-order valence-corrected chi connectivity index (χ2v) is 11.3. The Morgan fingerprint density at radius 3 is 2.23 bits per heavy atom. The van der Waals surface area contributed by atoms with Crippen molar-refractivity contribution in [3.63, 3.8) is 0 Å². The van der Waals surface area contributed by atoms with Crippen LogP contribution in [0.25, 0.3) is 0 Å². The zero-order valence-electron chi connectivity index (χ0n) is 16.7. The molecule has 0 saturated carbocycles. The first-order valence-electron chi connectivity index (χ1n) is 8.93. The first kappa shape index (κ1) is 23.1. The summed E-state index contributed by atoms with van der Waals surface area (Å²) in [4.78, 5) is 12.2. The summed E-state index contributed by atoms with van der Waals surface area (Å²) >= 11 is 0. The second kappa shape index (κ2) is 7.23. The van der Waals surface area contributed by atoms with Crippen LogP contribution in [0.4, 0.5) is 24.5 Å². The number of sulfonamides is 2. The Morgan fingerprint density at radius 2 is 1.71 bits per heavy atom. The highest BCUT2D eigenvalue weighted by molar-refractivity contribution is 7.94. The zero-order chi connectivity index (χ0) is 23.4. The number of carbonyl (C=O) groups excluding carboxylic acids is 1. The van der Waals surface area contributed by atoms with Gasteiger partial charge in [0.2, 0.25) is 15.9 Å². The Hall–Kier alpha value is -2.60. The lowest BCUT2D eigenvalue weighted by Gasteiger charge is -2.19. The smallest absolute Gasteiger partial charge is 0.279 e. The number of nitrogens with one attached hydrogen (secondary N) is 1. The summed E-state index contributed by atoms with van der Waals surface area (Å²) in [5.74, 6) is -1.05. The molecule has 3 rings (SSSR count). The number of halogens is 3. The van der Waals surface area contributed by atoms with Crippen LogP contribution in [-0.4, -0.2) is 28.5 Å². The Bertz CT molecular complexity index is 1270. The highest BCUT2D eigenvalue weighted by atomic mass is 32.2. The van der Waals surface area contributed by atoms with Crippen molar-refractivity contribution in [2.24, 2.45) is 5.41 Å². The minimum atomic E-state index is -4.77. The Labute approximate surface area is 178 Å². The fourth-order valence-corrected chi connectivity index (χ4v) is 6.75. The van der Waals surface area contributed by atoms with Crippen molar-refractivity contribution in [2.45, 2.75) is 31.8 Å². The van der Waals surface area contributed by atoms with Gasteiger partial charge in [-0.2, -0.15) is 13.2 Å². The van der Waals surface area contributed by atoms with Crippen LogP contribution in [0.5, 0.6) is 0 Å². The highest BCUT2D eigenvalue weighted by Crippen LogP contribution is 2.38. The van der Waals surface area contributed by atoms with Gasteiger partial charge in [-0.3, -0.25) is 9.52 Å². The Morgan fingerprint density at radius 1 is 1.10 bits per heavy atom. The second-order valence-electron chi connectivity index (χ2n) is 7.81. The van der Waals surface area contributed by atoms with Gasteiger partial charge in [-0.05, 0) is 56.7 Å². The first-order chi connectivity index (χ1) is 14.1. The van der Waals surface area contributed by atoms with E-state index in [4.69, 9.17) is 0 Å². The number of anilines is 2. The summed E-state index contributed by atoms with van der Waals surface area (Å²) in [7, 11) is -8.37. The quantitative estimate of drug-likeness (QED) is 0.728. The predicted molar refractivity (Wildman–Crippen MR) is 108 cm³/mol. The van der Waals surface area contributed by atoms with Crippen LogP contribution in [0.15, 0.2) is 47.4 Å². The number of nitrogens with zero attached hydrogens (tertiary/aromatic N) is 1. The molecule has 1 amide bonds. The molecule has 0 aromatic heterocycles. The van der Waals surface area contributed by atoms with Crippen molar-refractivity contribution in [3.8, 4) is 0 Å². The molecule has 1 heterocycles. The van der Waals surface area contributed by atoms with Crippen molar-refractivity contribution < 1.29 is 34.8 Å². The third-order valence-corrected chi connectivity index (χ3v) is 8.29. The molecule has 1 saturated heterocycles. The lowest BCUT2D eigenvalue weighted by atomic mass is 9.95. The van der Waals surface area contributed by atoms with Crippen molar-refractivity contribution in [3.05, 3.63) is 53.6 Å². The SMILES string of the molecule is Cc1cc(N2C(=O)C(C)(C)CS2(=O)=O)ccc1S(=O)(=O)Nc1ccccc1C(F)(F)F. The molecule has 0 aliphatic carbocycles. The first-order valence-corrected chi connectivity index (χ1v) is 12.0. The molecule has 0 unspecified atom stereocenters. The van der Waals surface area contributed by atoms with Gasteiger partial charge in [0, 0.05) is 0 Å². The van der Waals surface area contributed by atoms with Crippen LogP contribution in [0.3, 0.4) is 0 Å². The molecule has 0 spiro atoms. The van der Waals surface area contributed by atoms with E-state index in [1.54, 1.807) is 0 Å². The number of carbonyl (C=O) groups is 1. The van der Waals surface area contributed by atoms with Crippen molar-refractivity contribution in [1.82, 2.24) is 0 Å². The van der Waals surface area contributed by atoms with Crippen molar-refractivity contribution in [2.75, 3.05) is 14.8 Å². The van der Waals surface area contributed by atoms with E-state index in [1.165, 1.54) is 32.9 Å². The maximum absolute atomic E-state index is 13.2. The van der Waals surface area contributed by atoms with Gasteiger partial charge in [0.1, 0.15) is 0 Å². The monoisotopic (exact) mass is 476 g/mol. The number of alkyl halides is 3. The predicted octanol–water partition coefficient (Wildman–Crippen LogP) is 3.52. The number of amides is 1. The van der Waals surface area contributed by atoms with Crippen molar-refractivity contribution >= 4 is 37.3 Å². The molecule has 1 fully saturated rings. The summed E-state index contributed by atoms with van der Waals surface area (Å²) in [5.41, 5.74) is -2.91. The minimum absolute atomic E-state index is 0.0392. The number of hydrogen-bond acceptors (Lipinski definition) is 5. The molecular formula is C19H19F3N2O5S2. The Balaban J connectivity index is 2.00. The van der Waals surface area contributed by atoms with E-state index < -0.39 is 54.5 Å². The van der Waals surface area contributed by atoms with E-state index in [2.05, 4.69) is 0 Å². The number of para-hydroxylation sites is 1. The summed E-state index contributed by atoms with van der Waals surface area (Å²) in [6.07, 6.45) is -4.77. The lowest BCUT2D eigenvalue weighted by molar-refractivity contribution is -0.136. The molecule has 0 bridgehead atoms. The lowest BCUT2D eigenvalue weighted by Crippen LogP contribution is -2.33. The fraction of sp³-hybridized carbons (Fsp3) is 0.316. The van der Waals surface area contributed by atoms with Crippen LogP contribution < -0.4 is 9.03 Å². The van der Waals surface area contributed by atoms with Crippen LogP contribution in [0.1, 0.15) is 25.0 Å². The van der Waals surface area contributed by atoms with Crippen LogP contribution in [-0.2, 0) is 31.0 Å². The van der Waals surface area contributed by atoms with Crippen molar-refractivity contribution in [1.29, 1.82) is 0 Å². The number of aryl methyl sites for hydroxylation is 1. The molecular weight excluding hydrogens is 457 g/mol. The van der Waals surface area contributed by atoms with E-state index in [0.29, 0.717) is 4.31 Å². The van der Waals surface area contributed by atoms with Crippen LogP contribution in [0, 0.1) is 12.3 Å². The molecule has 7 nitrogen and oxygen atoms in total. The van der Waals surface area contributed by atoms with E-state index in [9.17, 15) is 34.8 Å². The van der Waals surface area contributed by atoms with Gasteiger partial charge in [0.25, 0.3) is 10.0 Å². The maximum Gasteiger partial charge on any atom is 0.418 e. The van der Waals surface area contributed by atoms with E-state index in [0.717, 1.165) is 30.3 Å². The van der Waals surface area contributed by atoms with E-state index in [1.807, 2.05) is 4.72 Å². The molecule has 31 heavy (non-hydrogen) atoms. The molecule has 2 aromatic carbocycles. The third-order valence-electron chi connectivity index (χ3n) is 4.74. The normalized spacial score (nSPS) is 18.3. The Kier molecular flexibility index (Phi) is 5.38. The molecule has 0 radical (unpaired) electrons. The molecule has 2 aromatic rings. The number of hydrogen-bond donors (Lipinski definition) is 1. The molecule has 1 aliphatic heterocycles.